The monoisotopic (exact) mass is 398 g/mol. The Labute approximate surface area is 146 Å². The lowest BCUT2D eigenvalue weighted by atomic mass is 10.1. The number of ether oxygens (including phenoxy) is 2. The van der Waals surface area contributed by atoms with E-state index in [1.165, 1.54) is 0 Å². The molecule has 23 heavy (non-hydrogen) atoms. The predicted octanol–water partition coefficient (Wildman–Crippen LogP) is 3.56. The van der Waals surface area contributed by atoms with Gasteiger partial charge in [-0.3, -0.25) is 0 Å². The third-order valence-corrected chi connectivity index (χ3v) is 5.70. The van der Waals surface area contributed by atoms with Gasteiger partial charge in [0.2, 0.25) is 0 Å². The van der Waals surface area contributed by atoms with Crippen LogP contribution in [-0.4, -0.2) is 41.8 Å². The minimum absolute atomic E-state index is 0.407. The van der Waals surface area contributed by atoms with E-state index < -0.39 is 8.07 Å². The molecule has 0 fully saturated rings. The van der Waals surface area contributed by atoms with Gasteiger partial charge in [-0.15, -0.1) is 0 Å². The Hall–Kier alpha value is -1.09. The van der Waals surface area contributed by atoms with Gasteiger partial charge in [-0.05, 0) is 28.0 Å². The molecule has 0 unspecified atom stereocenters. The van der Waals surface area contributed by atoms with Gasteiger partial charge in [0.1, 0.15) is 11.3 Å². The topological polar surface area (TPSA) is 62.1 Å². The number of nitrogens with zero attached hydrogens (tertiary/aromatic N) is 4. The number of rotatable bonds is 8. The fourth-order valence-corrected chi connectivity index (χ4v) is 3.37. The highest BCUT2D eigenvalue weighted by molar-refractivity contribution is 9.10. The second kappa shape index (κ2) is 8.14. The maximum atomic E-state index is 5.84. The fourth-order valence-electron chi connectivity index (χ4n) is 2.12. The van der Waals surface area contributed by atoms with Gasteiger partial charge in [0.25, 0.3) is 0 Å². The van der Waals surface area contributed by atoms with Gasteiger partial charge in [0.05, 0.1) is 24.7 Å². The van der Waals surface area contributed by atoms with Crippen molar-refractivity contribution < 1.29 is 9.47 Å². The molecule has 2 aromatic rings. The van der Waals surface area contributed by atoms with Crippen molar-refractivity contribution in [2.45, 2.75) is 39.0 Å². The van der Waals surface area contributed by atoms with Gasteiger partial charge in [0.15, 0.2) is 0 Å². The van der Waals surface area contributed by atoms with Crippen molar-refractivity contribution in [2.75, 3.05) is 13.7 Å². The van der Waals surface area contributed by atoms with Gasteiger partial charge in [-0.1, -0.05) is 19.6 Å². The molecule has 126 valence electrons. The van der Waals surface area contributed by atoms with Crippen LogP contribution in [0.5, 0.6) is 0 Å². The van der Waals surface area contributed by atoms with Crippen LogP contribution in [0.15, 0.2) is 23.1 Å². The Balaban J connectivity index is 2.20. The molecular formula is C15H23BrN4O2Si. The maximum Gasteiger partial charge on any atom is 0.140 e. The van der Waals surface area contributed by atoms with Crippen LogP contribution in [0.2, 0.25) is 25.7 Å². The Kier molecular flexibility index (Phi) is 6.46. The van der Waals surface area contributed by atoms with Gasteiger partial charge < -0.3 is 9.47 Å². The van der Waals surface area contributed by atoms with E-state index in [-0.39, 0.29) is 0 Å². The van der Waals surface area contributed by atoms with E-state index >= 15 is 0 Å². The molecule has 8 heteroatoms. The van der Waals surface area contributed by atoms with Crippen molar-refractivity contribution in [1.82, 2.24) is 20.0 Å². The first-order chi connectivity index (χ1) is 10.9. The SMILES string of the molecule is COCc1c(Br)nn(COCC[Si](C)(C)C)c1-c1ccnnc1. The number of hydrogen-bond donors (Lipinski definition) is 0. The van der Waals surface area contributed by atoms with E-state index in [4.69, 9.17) is 9.47 Å². The molecule has 0 aromatic carbocycles. The lowest BCUT2D eigenvalue weighted by Gasteiger charge is -2.16. The summed E-state index contributed by atoms with van der Waals surface area (Å²) in [7, 11) is 0.576. The molecule has 0 N–H and O–H groups in total. The molecule has 0 saturated heterocycles. The molecule has 0 aliphatic carbocycles. The lowest BCUT2D eigenvalue weighted by molar-refractivity contribution is 0.0794. The molecular weight excluding hydrogens is 376 g/mol. The molecule has 0 aliphatic rings. The van der Waals surface area contributed by atoms with Crippen molar-refractivity contribution >= 4 is 24.0 Å². The molecule has 0 saturated carbocycles. The van der Waals surface area contributed by atoms with E-state index in [1.54, 1.807) is 19.5 Å². The van der Waals surface area contributed by atoms with E-state index in [1.807, 2.05) is 10.7 Å². The first-order valence-corrected chi connectivity index (χ1v) is 12.0. The van der Waals surface area contributed by atoms with Crippen molar-refractivity contribution in [3.63, 3.8) is 0 Å². The molecule has 2 aromatic heterocycles. The number of hydrogen-bond acceptors (Lipinski definition) is 5. The Morgan fingerprint density at radius 3 is 2.65 bits per heavy atom. The summed E-state index contributed by atoms with van der Waals surface area (Å²) in [6.07, 6.45) is 3.39. The number of aromatic nitrogens is 4. The molecule has 0 atom stereocenters. The second-order valence-electron chi connectivity index (χ2n) is 6.53. The fraction of sp³-hybridized carbons (Fsp3) is 0.533. The van der Waals surface area contributed by atoms with Crippen LogP contribution in [0, 0.1) is 0 Å². The zero-order valence-electron chi connectivity index (χ0n) is 14.0. The first-order valence-electron chi connectivity index (χ1n) is 7.51. The summed E-state index contributed by atoms with van der Waals surface area (Å²) in [5.74, 6) is 0. The minimum atomic E-state index is -1.09. The Morgan fingerprint density at radius 1 is 1.26 bits per heavy atom. The van der Waals surface area contributed by atoms with Crippen molar-refractivity contribution in [1.29, 1.82) is 0 Å². The van der Waals surface area contributed by atoms with Gasteiger partial charge in [-0.25, -0.2) is 4.68 Å². The molecule has 2 rings (SSSR count). The van der Waals surface area contributed by atoms with Crippen molar-refractivity contribution in [3.8, 4) is 11.3 Å². The van der Waals surface area contributed by atoms with Crippen LogP contribution in [0.25, 0.3) is 11.3 Å². The molecule has 2 heterocycles. The first kappa shape index (κ1) is 18.2. The van der Waals surface area contributed by atoms with Crippen LogP contribution >= 0.6 is 15.9 Å². The van der Waals surface area contributed by atoms with E-state index in [2.05, 4.69) is 50.9 Å². The van der Waals surface area contributed by atoms with Crippen LogP contribution in [0.4, 0.5) is 0 Å². The number of halogens is 1. The van der Waals surface area contributed by atoms with Gasteiger partial charge in [0, 0.05) is 32.9 Å². The van der Waals surface area contributed by atoms with Crippen LogP contribution in [0.3, 0.4) is 0 Å². The average molecular weight is 399 g/mol. The zero-order valence-corrected chi connectivity index (χ0v) is 16.6. The molecule has 0 spiro atoms. The van der Waals surface area contributed by atoms with Gasteiger partial charge in [-0.2, -0.15) is 15.3 Å². The summed E-state index contributed by atoms with van der Waals surface area (Å²) < 4.78 is 13.8. The summed E-state index contributed by atoms with van der Waals surface area (Å²) in [6.45, 7) is 8.64. The quantitative estimate of drug-likeness (QED) is 0.502. The molecule has 6 nitrogen and oxygen atoms in total. The number of methoxy groups -OCH3 is 1. The molecule has 0 aliphatic heterocycles. The van der Waals surface area contributed by atoms with Crippen molar-refractivity contribution in [3.05, 3.63) is 28.6 Å². The third kappa shape index (κ3) is 5.20. The summed E-state index contributed by atoms with van der Waals surface area (Å²) >= 11 is 3.51. The van der Waals surface area contributed by atoms with Crippen molar-refractivity contribution in [2.24, 2.45) is 0 Å². The Bertz CT molecular complexity index is 628. The van der Waals surface area contributed by atoms with Crippen LogP contribution < -0.4 is 0 Å². The summed E-state index contributed by atoms with van der Waals surface area (Å²) in [5.41, 5.74) is 2.87. The second-order valence-corrected chi connectivity index (χ2v) is 12.9. The standard InChI is InChI=1S/C15H23BrN4O2Si/c1-21-10-13-14(12-5-6-17-18-9-12)20(19-15(13)16)11-22-7-8-23(2,3)4/h5-6,9H,7-8,10-11H2,1-4H3. The summed E-state index contributed by atoms with van der Waals surface area (Å²) in [6, 6.07) is 3.04. The highest BCUT2D eigenvalue weighted by atomic mass is 79.9. The predicted molar refractivity (Wildman–Crippen MR) is 95.8 cm³/mol. The molecule has 0 radical (unpaired) electrons. The smallest absolute Gasteiger partial charge is 0.140 e. The summed E-state index contributed by atoms with van der Waals surface area (Å²) in [5, 5.41) is 12.3. The maximum absolute atomic E-state index is 5.84. The van der Waals surface area contributed by atoms with Crippen LogP contribution in [-0.2, 0) is 22.8 Å². The van der Waals surface area contributed by atoms with Crippen LogP contribution in [0.1, 0.15) is 5.56 Å². The summed E-state index contributed by atoms with van der Waals surface area (Å²) in [4.78, 5) is 0. The molecule has 0 amide bonds. The Morgan fingerprint density at radius 2 is 2.04 bits per heavy atom. The third-order valence-electron chi connectivity index (χ3n) is 3.36. The van der Waals surface area contributed by atoms with E-state index in [0.717, 1.165) is 34.1 Å². The zero-order chi connectivity index (χ0) is 16.9. The van der Waals surface area contributed by atoms with E-state index in [9.17, 15) is 0 Å². The van der Waals surface area contributed by atoms with Gasteiger partial charge >= 0.3 is 0 Å². The lowest BCUT2D eigenvalue weighted by Crippen LogP contribution is -2.22. The van der Waals surface area contributed by atoms with E-state index in [0.29, 0.717) is 13.3 Å². The molecule has 0 bridgehead atoms. The highest BCUT2D eigenvalue weighted by Crippen LogP contribution is 2.29. The largest absolute Gasteiger partial charge is 0.380 e. The highest BCUT2D eigenvalue weighted by Gasteiger charge is 2.19. The average Bonchev–Trinajstić information content (AvgIpc) is 2.80. The normalized spacial score (nSPS) is 11.9. The minimum Gasteiger partial charge on any atom is -0.380 e.